The van der Waals surface area contributed by atoms with Crippen LogP contribution in [0.15, 0.2) is 42.5 Å². The standard InChI is InChI=1S/C24H31ClN2O2/c1-16-6-5-13-27(15-16)21-9-7-20(8-10-21)18(3)26-24(28)19(4)29-22-11-12-23(25)17(2)14-22/h7-12,14,16,18-19H,5-6,13,15H2,1-4H3,(H,26,28). The minimum absolute atomic E-state index is 0.0881. The van der Waals surface area contributed by atoms with Crippen LogP contribution in [0.3, 0.4) is 0 Å². The summed E-state index contributed by atoms with van der Waals surface area (Å²) in [6.07, 6.45) is 1.97. The van der Waals surface area contributed by atoms with Crippen molar-refractivity contribution in [2.45, 2.75) is 52.7 Å². The molecule has 1 saturated heterocycles. The van der Waals surface area contributed by atoms with Crippen molar-refractivity contribution in [3.8, 4) is 5.75 Å². The van der Waals surface area contributed by atoms with Gasteiger partial charge >= 0.3 is 0 Å². The summed E-state index contributed by atoms with van der Waals surface area (Å²) in [6, 6.07) is 13.8. The van der Waals surface area contributed by atoms with Gasteiger partial charge in [-0.25, -0.2) is 0 Å². The molecule has 4 nitrogen and oxygen atoms in total. The van der Waals surface area contributed by atoms with Crippen LogP contribution in [0.5, 0.6) is 5.75 Å². The smallest absolute Gasteiger partial charge is 0.261 e. The molecule has 5 heteroatoms. The number of halogens is 1. The second-order valence-electron chi connectivity index (χ2n) is 8.19. The van der Waals surface area contributed by atoms with Crippen molar-refractivity contribution >= 4 is 23.2 Å². The summed E-state index contributed by atoms with van der Waals surface area (Å²) in [7, 11) is 0. The van der Waals surface area contributed by atoms with Gasteiger partial charge in [-0.2, -0.15) is 0 Å². The Morgan fingerprint density at radius 3 is 2.59 bits per heavy atom. The molecule has 29 heavy (non-hydrogen) atoms. The first kappa shape index (κ1) is 21.5. The monoisotopic (exact) mass is 414 g/mol. The normalized spacial score (nSPS) is 18.8. The van der Waals surface area contributed by atoms with E-state index in [2.05, 4.69) is 41.4 Å². The molecule has 0 aliphatic carbocycles. The van der Waals surface area contributed by atoms with Gasteiger partial charge in [-0.15, -0.1) is 0 Å². The zero-order valence-electron chi connectivity index (χ0n) is 17.7. The van der Waals surface area contributed by atoms with E-state index in [1.54, 1.807) is 19.1 Å². The van der Waals surface area contributed by atoms with Gasteiger partial charge < -0.3 is 15.0 Å². The highest BCUT2D eigenvalue weighted by molar-refractivity contribution is 6.31. The molecule has 0 spiro atoms. The van der Waals surface area contributed by atoms with Crippen molar-refractivity contribution in [2.24, 2.45) is 5.92 Å². The van der Waals surface area contributed by atoms with E-state index in [-0.39, 0.29) is 11.9 Å². The lowest BCUT2D eigenvalue weighted by molar-refractivity contribution is -0.127. The molecule has 3 rings (SSSR count). The Balaban J connectivity index is 1.56. The number of benzene rings is 2. The second kappa shape index (κ2) is 9.53. The fourth-order valence-electron chi connectivity index (χ4n) is 3.76. The Labute approximate surface area is 179 Å². The van der Waals surface area contributed by atoms with E-state index < -0.39 is 6.10 Å². The summed E-state index contributed by atoms with van der Waals surface area (Å²) >= 11 is 6.05. The molecule has 156 valence electrons. The van der Waals surface area contributed by atoms with Gasteiger partial charge in [0.2, 0.25) is 0 Å². The van der Waals surface area contributed by atoms with E-state index in [4.69, 9.17) is 16.3 Å². The molecule has 1 amide bonds. The maximum absolute atomic E-state index is 12.6. The largest absolute Gasteiger partial charge is 0.481 e. The molecule has 0 bridgehead atoms. The first-order valence-corrected chi connectivity index (χ1v) is 10.8. The van der Waals surface area contributed by atoms with Crippen molar-refractivity contribution in [1.82, 2.24) is 5.32 Å². The number of anilines is 1. The van der Waals surface area contributed by atoms with Crippen molar-refractivity contribution in [3.05, 3.63) is 58.6 Å². The van der Waals surface area contributed by atoms with Crippen LogP contribution in [0.2, 0.25) is 5.02 Å². The number of ether oxygens (including phenoxy) is 1. The SMILES string of the molecule is Cc1cc(OC(C)C(=O)NC(C)c2ccc(N3CCCC(C)C3)cc2)ccc1Cl. The number of hydrogen-bond acceptors (Lipinski definition) is 3. The number of nitrogens with one attached hydrogen (secondary N) is 1. The van der Waals surface area contributed by atoms with Gasteiger partial charge in [0.1, 0.15) is 5.75 Å². The van der Waals surface area contributed by atoms with Gasteiger partial charge in [0.25, 0.3) is 5.91 Å². The van der Waals surface area contributed by atoms with Crippen LogP contribution in [0, 0.1) is 12.8 Å². The molecule has 1 heterocycles. The number of carbonyl (C=O) groups is 1. The Morgan fingerprint density at radius 2 is 1.93 bits per heavy atom. The number of piperidine rings is 1. The van der Waals surface area contributed by atoms with Crippen LogP contribution in [0.1, 0.15) is 50.8 Å². The zero-order valence-corrected chi connectivity index (χ0v) is 18.5. The molecule has 2 aromatic rings. The van der Waals surface area contributed by atoms with Crippen LogP contribution in [-0.4, -0.2) is 25.1 Å². The van der Waals surface area contributed by atoms with Gasteiger partial charge in [0.15, 0.2) is 6.10 Å². The highest BCUT2D eigenvalue weighted by Gasteiger charge is 2.19. The molecule has 2 aromatic carbocycles. The number of amides is 1. The fourth-order valence-corrected chi connectivity index (χ4v) is 3.88. The number of hydrogen-bond donors (Lipinski definition) is 1. The number of aryl methyl sites for hydroxylation is 1. The summed E-state index contributed by atoms with van der Waals surface area (Å²) in [6.45, 7) is 10.2. The van der Waals surface area contributed by atoms with Crippen molar-refractivity contribution in [3.63, 3.8) is 0 Å². The van der Waals surface area contributed by atoms with Crippen LogP contribution in [0.25, 0.3) is 0 Å². The van der Waals surface area contributed by atoms with Crippen molar-refractivity contribution in [1.29, 1.82) is 0 Å². The summed E-state index contributed by atoms with van der Waals surface area (Å²) in [5.41, 5.74) is 3.27. The molecule has 3 atom stereocenters. The Kier molecular flexibility index (Phi) is 7.07. The molecule has 0 aromatic heterocycles. The van der Waals surface area contributed by atoms with Gasteiger partial charge in [0.05, 0.1) is 6.04 Å². The first-order valence-electron chi connectivity index (χ1n) is 10.4. The predicted molar refractivity (Wildman–Crippen MR) is 120 cm³/mol. The van der Waals surface area contributed by atoms with Crippen LogP contribution in [0.4, 0.5) is 5.69 Å². The molecule has 1 aliphatic rings. The molecule has 0 saturated carbocycles. The van der Waals surface area contributed by atoms with Crippen molar-refractivity contribution in [2.75, 3.05) is 18.0 Å². The fraction of sp³-hybridized carbons (Fsp3) is 0.458. The third kappa shape index (κ3) is 5.66. The van der Waals surface area contributed by atoms with Gasteiger partial charge in [0, 0.05) is 23.8 Å². The second-order valence-corrected chi connectivity index (χ2v) is 8.59. The highest BCUT2D eigenvalue weighted by atomic mass is 35.5. The number of nitrogens with zero attached hydrogens (tertiary/aromatic N) is 1. The molecule has 1 N–H and O–H groups in total. The average Bonchev–Trinajstić information content (AvgIpc) is 2.70. The van der Waals surface area contributed by atoms with E-state index in [0.717, 1.165) is 30.1 Å². The summed E-state index contributed by atoms with van der Waals surface area (Å²) < 4.78 is 5.78. The summed E-state index contributed by atoms with van der Waals surface area (Å²) in [5.74, 6) is 1.24. The van der Waals surface area contributed by atoms with Crippen molar-refractivity contribution < 1.29 is 9.53 Å². The number of carbonyl (C=O) groups excluding carboxylic acids is 1. The lowest BCUT2D eigenvalue weighted by Crippen LogP contribution is -2.37. The predicted octanol–water partition coefficient (Wildman–Crippen LogP) is 5.53. The van der Waals surface area contributed by atoms with E-state index in [1.165, 1.54) is 18.5 Å². The summed E-state index contributed by atoms with van der Waals surface area (Å²) in [4.78, 5) is 15.0. The zero-order chi connectivity index (χ0) is 21.0. The minimum atomic E-state index is -0.591. The maximum atomic E-state index is 12.6. The first-order chi connectivity index (χ1) is 13.8. The van der Waals surface area contributed by atoms with E-state index in [1.807, 2.05) is 19.9 Å². The topological polar surface area (TPSA) is 41.6 Å². The van der Waals surface area contributed by atoms with E-state index >= 15 is 0 Å². The third-order valence-corrected chi connectivity index (χ3v) is 6.01. The lowest BCUT2D eigenvalue weighted by Gasteiger charge is -2.33. The highest BCUT2D eigenvalue weighted by Crippen LogP contribution is 2.25. The van der Waals surface area contributed by atoms with Gasteiger partial charge in [-0.05, 0) is 81.0 Å². The van der Waals surface area contributed by atoms with E-state index in [0.29, 0.717) is 10.8 Å². The molecule has 1 fully saturated rings. The molecule has 1 aliphatic heterocycles. The quantitative estimate of drug-likeness (QED) is 0.675. The third-order valence-electron chi connectivity index (χ3n) is 5.59. The van der Waals surface area contributed by atoms with Crippen LogP contribution >= 0.6 is 11.6 Å². The Hall–Kier alpha value is -2.20. The van der Waals surface area contributed by atoms with Gasteiger partial charge in [-0.1, -0.05) is 30.7 Å². The minimum Gasteiger partial charge on any atom is -0.481 e. The maximum Gasteiger partial charge on any atom is 0.261 e. The molecule has 0 radical (unpaired) electrons. The molecular formula is C24H31ClN2O2. The van der Waals surface area contributed by atoms with E-state index in [9.17, 15) is 4.79 Å². The Morgan fingerprint density at radius 1 is 1.21 bits per heavy atom. The number of rotatable bonds is 6. The van der Waals surface area contributed by atoms with Crippen LogP contribution < -0.4 is 15.0 Å². The lowest BCUT2D eigenvalue weighted by atomic mass is 9.99. The average molecular weight is 415 g/mol. The van der Waals surface area contributed by atoms with Gasteiger partial charge in [-0.3, -0.25) is 4.79 Å². The molecular weight excluding hydrogens is 384 g/mol. The molecule has 3 unspecified atom stereocenters. The Bertz CT molecular complexity index is 837. The summed E-state index contributed by atoms with van der Waals surface area (Å²) in [5, 5.41) is 3.73. The van der Waals surface area contributed by atoms with Crippen LogP contribution in [-0.2, 0) is 4.79 Å².